The molecule has 1 amide bonds. The summed E-state index contributed by atoms with van der Waals surface area (Å²) in [6.45, 7) is 1.30. The summed E-state index contributed by atoms with van der Waals surface area (Å²) < 4.78 is 1.77. The zero-order valence-corrected chi connectivity index (χ0v) is 19.7. The normalized spacial score (nSPS) is 18.4. The van der Waals surface area contributed by atoms with Crippen LogP contribution in [0.1, 0.15) is 15.9 Å². The molecule has 0 saturated carbocycles. The summed E-state index contributed by atoms with van der Waals surface area (Å²) in [7, 11) is -1.69. The van der Waals surface area contributed by atoms with Crippen molar-refractivity contribution >= 4 is 32.6 Å². The van der Waals surface area contributed by atoms with E-state index in [1.54, 1.807) is 38.7 Å². The van der Waals surface area contributed by atoms with E-state index in [4.69, 9.17) is 5.11 Å². The molecule has 1 fully saturated rings. The van der Waals surface area contributed by atoms with Crippen LogP contribution in [0.4, 0.5) is 4.79 Å². The SMILES string of the molecule is O=Cc1ccc(CP(O)N2CCN(CC(=O)O)CCN(CC(=O)O)CCN(C(=O)O)CC2)cc1. The molecule has 13 heteroatoms. The number of carboxylic acids is 2. The van der Waals surface area contributed by atoms with Gasteiger partial charge >= 0.3 is 18.0 Å². The number of carbonyl (C=O) groups excluding carboxylic acids is 1. The fraction of sp³-hybridized carbons (Fsp3) is 0.524. The van der Waals surface area contributed by atoms with Crippen LogP contribution in [0.2, 0.25) is 0 Å². The van der Waals surface area contributed by atoms with E-state index in [0.717, 1.165) is 11.8 Å². The van der Waals surface area contributed by atoms with Crippen molar-refractivity contribution in [1.82, 2.24) is 19.4 Å². The van der Waals surface area contributed by atoms with E-state index in [9.17, 15) is 34.3 Å². The fourth-order valence-corrected chi connectivity index (χ4v) is 4.95. The topological polar surface area (TPSA) is 162 Å². The fourth-order valence-electron chi connectivity index (χ4n) is 3.57. The van der Waals surface area contributed by atoms with Crippen LogP contribution in [-0.4, -0.2) is 129 Å². The van der Waals surface area contributed by atoms with Gasteiger partial charge < -0.3 is 25.1 Å². The molecule has 1 aliphatic heterocycles. The average molecular weight is 498 g/mol. The van der Waals surface area contributed by atoms with Gasteiger partial charge in [-0.2, -0.15) is 0 Å². The molecule has 0 bridgehead atoms. The van der Waals surface area contributed by atoms with Gasteiger partial charge in [-0.05, 0) is 5.56 Å². The lowest BCUT2D eigenvalue weighted by Gasteiger charge is -2.34. The van der Waals surface area contributed by atoms with Crippen molar-refractivity contribution in [3.63, 3.8) is 0 Å². The van der Waals surface area contributed by atoms with Crippen molar-refractivity contribution < 1.29 is 39.4 Å². The number of hydrogen-bond donors (Lipinski definition) is 4. The van der Waals surface area contributed by atoms with Crippen LogP contribution in [0.3, 0.4) is 0 Å². The van der Waals surface area contributed by atoms with Gasteiger partial charge in [0.2, 0.25) is 0 Å². The number of carbonyl (C=O) groups is 4. The summed E-state index contributed by atoms with van der Waals surface area (Å²) in [4.78, 5) is 60.5. The molecule has 1 saturated heterocycles. The molecule has 1 aliphatic rings. The summed E-state index contributed by atoms with van der Waals surface area (Å²) in [5, 5.41) is 28.0. The van der Waals surface area contributed by atoms with Crippen LogP contribution in [0, 0.1) is 0 Å². The van der Waals surface area contributed by atoms with Crippen molar-refractivity contribution in [2.75, 3.05) is 65.4 Å². The zero-order valence-electron chi connectivity index (χ0n) is 18.8. The lowest BCUT2D eigenvalue weighted by molar-refractivity contribution is -0.140. The molecule has 0 aliphatic carbocycles. The van der Waals surface area contributed by atoms with E-state index in [-0.39, 0.29) is 52.4 Å². The summed E-state index contributed by atoms with van der Waals surface area (Å²) in [5.41, 5.74) is 1.35. The molecule has 0 aromatic heterocycles. The standard InChI is InChI=1S/C21H31N4O8P/c26-15-17-1-3-18(4-2-17)16-34(33)25-11-8-23(14-20(29)30)6-5-22(13-19(27)28)7-9-24(10-12-25)21(31)32/h1-4,15,33H,5-14,16H2,(H,27,28)(H,29,30)(H,31,32). The number of rotatable bonds is 8. The highest BCUT2D eigenvalue weighted by Gasteiger charge is 2.24. The average Bonchev–Trinajstić information content (AvgIpc) is 2.77. The molecule has 1 unspecified atom stereocenters. The van der Waals surface area contributed by atoms with Gasteiger partial charge in [0.1, 0.15) is 14.6 Å². The first-order valence-corrected chi connectivity index (χ1v) is 12.2. The maximum Gasteiger partial charge on any atom is 0.407 e. The van der Waals surface area contributed by atoms with Crippen LogP contribution in [0.15, 0.2) is 24.3 Å². The minimum absolute atomic E-state index is 0.0892. The van der Waals surface area contributed by atoms with E-state index in [2.05, 4.69) is 0 Å². The highest BCUT2D eigenvalue weighted by atomic mass is 31.2. The maximum absolute atomic E-state index is 11.7. The van der Waals surface area contributed by atoms with Gasteiger partial charge in [0, 0.05) is 64.1 Å². The Morgan fingerprint density at radius 3 is 1.76 bits per heavy atom. The summed E-state index contributed by atoms with van der Waals surface area (Å²) >= 11 is 0. The molecule has 2 rings (SSSR count). The molecular weight excluding hydrogens is 467 g/mol. The third-order valence-corrected chi connectivity index (χ3v) is 7.18. The summed E-state index contributed by atoms with van der Waals surface area (Å²) in [6, 6.07) is 6.82. The molecule has 4 N–H and O–H groups in total. The summed E-state index contributed by atoms with van der Waals surface area (Å²) in [5.74, 6) is -2.06. The lowest BCUT2D eigenvalue weighted by Crippen LogP contribution is -2.47. The highest BCUT2D eigenvalue weighted by Crippen LogP contribution is 2.39. The van der Waals surface area contributed by atoms with Gasteiger partial charge in [0.25, 0.3) is 0 Å². The Hall–Kier alpha value is -2.63. The van der Waals surface area contributed by atoms with Crippen molar-refractivity contribution in [3.05, 3.63) is 35.4 Å². The van der Waals surface area contributed by atoms with Gasteiger partial charge in [-0.15, -0.1) is 0 Å². The highest BCUT2D eigenvalue weighted by molar-refractivity contribution is 7.48. The first-order valence-electron chi connectivity index (χ1n) is 10.8. The molecule has 0 radical (unpaired) electrons. The Kier molecular flexibility index (Phi) is 11.3. The number of aldehydes is 1. The molecule has 1 atom stereocenters. The number of amides is 1. The lowest BCUT2D eigenvalue weighted by atomic mass is 10.2. The van der Waals surface area contributed by atoms with Gasteiger partial charge in [-0.3, -0.25) is 28.9 Å². The van der Waals surface area contributed by atoms with E-state index in [1.807, 2.05) is 0 Å². The largest absolute Gasteiger partial charge is 0.480 e. The Morgan fingerprint density at radius 1 is 0.794 bits per heavy atom. The predicted molar refractivity (Wildman–Crippen MR) is 124 cm³/mol. The first kappa shape index (κ1) is 27.6. The van der Waals surface area contributed by atoms with Gasteiger partial charge in [-0.25, -0.2) is 4.79 Å². The number of nitrogens with zero attached hydrogens (tertiary/aromatic N) is 4. The second kappa shape index (κ2) is 13.9. The molecule has 1 aromatic rings. The molecular formula is C21H31N4O8P. The Balaban J connectivity index is 2.16. The van der Waals surface area contributed by atoms with Crippen molar-refractivity contribution in [1.29, 1.82) is 0 Å². The number of aliphatic carboxylic acids is 2. The van der Waals surface area contributed by atoms with Gasteiger partial charge in [0.15, 0.2) is 0 Å². The van der Waals surface area contributed by atoms with Gasteiger partial charge in [-0.1, -0.05) is 24.3 Å². The van der Waals surface area contributed by atoms with Crippen LogP contribution < -0.4 is 0 Å². The maximum atomic E-state index is 11.7. The summed E-state index contributed by atoms with van der Waals surface area (Å²) in [6.07, 6.45) is -0.0874. The first-order chi connectivity index (χ1) is 16.2. The van der Waals surface area contributed by atoms with E-state index < -0.39 is 26.3 Å². The monoisotopic (exact) mass is 498 g/mol. The van der Waals surface area contributed by atoms with Gasteiger partial charge in [0.05, 0.1) is 13.1 Å². The third kappa shape index (κ3) is 9.70. The smallest absolute Gasteiger partial charge is 0.407 e. The number of benzene rings is 1. The van der Waals surface area contributed by atoms with Crippen LogP contribution in [0.5, 0.6) is 0 Å². The molecule has 12 nitrogen and oxygen atoms in total. The van der Waals surface area contributed by atoms with Crippen molar-refractivity contribution in [2.24, 2.45) is 0 Å². The zero-order chi connectivity index (χ0) is 25.1. The number of hydrogen-bond acceptors (Lipinski definition) is 8. The van der Waals surface area contributed by atoms with Crippen LogP contribution >= 0.6 is 8.30 Å². The second-order valence-corrected chi connectivity index (χ2v) is 9.58. The quantitative estimate of drug-likeness (QED) is 0.289. The predicted octanol–water partition coefficient (Wildman–Crippen LogP) is 0.372. The van der Waals surface area contributed by atoms with Crippen molar-refractivity contribution in [2.45, 2.75) is 6.16 Å². The van der Waals surface area contributed by atoms with E-state index in [0.29, 0.717) is 24.8 Å². The molecule has 0 spiro atoms. The van der Waals surface area contributed by atoms with Crippen LogP contribution in [0.25, 0.3) is 0 Å². The number of carboxylic acid groups (broad SMARTS) is 3. The minimum Gasteiger partial charge on any atom is -0.480 e. The van der Waals surface area contributed by atoms with Crippen molar-refractivity contribution in [3.8, 4) is 0 Å². The van der Waals surface area contributed by atoms with E-state index in [1.165, 1.54) is 4.90 Å². The molecule has 1 heterocycles. The Bertz CT molecular complexity index is 841. The Morgan fingerprint density at radius 2 is 1.26 bits per heavy atom. The molecule has 188 valence electrons. The molecule has 1 aromatic carbocycles. The third-order valence-electron chi connectivity index (χ3n) is 5.48. The minimum atomic E-state index is -1.69. The molecule has 34 heavy (non-hydrogen) atoms. The van der Waals surface area contributed by atoms with E-state index >= 15 is 0 Å². The second-order valence-electron chi connectivity index (χ2n) is 7.95. The Labute approximate surface area is 198 Å². The van der Waals surface area contributed by atoms with Crippen LogP contribution in [-0.2, 0) is 15.8 Å².